The summed E-state index contributed by atoms with van der Waals surface area (Å²) in [6.07, 6.45) is 2.19. The van der Waals surface area contributed by atoms with Gasteiger partial charge in [-0.25, -0.2) is 4.79 Å². The highest BCUT2D eigenvalue weighted by Gasteiger charge is 2.24. The van der Waals surface area contributed by atoms with Gasteiger partial charge in [0.1, 0.15) is 11.8 Å². The van der Waals surface area contributed by atoms with E-state index in [1.54, 1.807) is 24.3 Å². The van der Waals surface area contributed by atoms with Crippen LogP contribution in [0.25, 0.3) is 0 Å². The van der Waals surface area contributed by atoms with Crippen LogP contribution in [-0.2, 0) is 19.1 Å². The van der Waals surface area contributed by atoms with Crippen LogP contribution in [0.2, 0.25) is 0 Å². The highest BCUT2D eigenvalue weighted by atomic mass is 32.2. The van der Waals surface area contributed by atoms with Crippen LogP contribution in [0.4, 0.5) is 0 Å². The number of hydrogen-bond acceptors (Lipinski definition) is 7. The monoisotopic (exact) mass is 397 g/mol. The fourth-order valence-corrected chi connectivity index (χ4v) is 2.46. The van der Waals surface area contributed by atoms with Crippen molar-refractivity contribution >= 4 is 35.5 Å². The minimum Gasteiger partial charge on any atom is -0.496 e. The number of benzene rings is 1. The van der Waals surface area contributed by atoms with Gasteiger partial charge in [-0.05, 0) is 30.6 Å². The predicted octanol–water partition coefficient (Wildman–Crippen LogP) is 0.257. The fraction of sp³-hybridized carbons (Fsp3) is 0.412. The Morgan fingerprint density at radius 1 is 1.15 bits per heavy atom. The topological polar surface area (TPSA) is 123 Å². The number of para-hydroxylation sites is 1. The van der Waals surface area contributed by atoms with Gasteiger partial charge in [-0.15, -0.1) is 0 Å². The number of esters is 1. The molecule has 0 spiro atoms. The minimum absolute atomic E-state index is 0.283. The Kier molecular flexibility index (Phi) is 9.73. The summed E-state index contributed by atoms with van der Waals surface area (Å²) < 4.78 is 10.1. The van der Waals surface area contributed by atoms with Crippen molar-refractivity contribution in [2.45, 2.75) is 19.4 Å². The van der Waals surface area contributed by atoms with E-state index >= 15 is 0 Å². The summed E-state index contributed by atoms with van der Waals surface area (Å²) in [5.74, 6) is -1.41. The van der Waals surface area contributed by atoms with Crippen LogP contribution in [0.5, 0.6) is 5.75 Å². The molecule has 0 aromatic heterocycles. The van der Waals surface area contributed by atoms with Crippen molar-refractivity contribution in [1.29, 1.82) is 0 Å². The summed E-state index contributed by atoms with van der Waals surface area (Å²) in [6.45, 7) is 0.636. The zero-order valence-electron chi connectivity index (χ0n) is 15.4. The van der Waals surface area contributed by atoms with E-state index in [-0.39, 0.29) is 5.56 Å². The van der Waals surface area contributed by atoms with Crippen molar-refractivity contribution < 1.29 is 28.7 Å². The third-order valence-electron chi connectivity index (χ3n) is 3.28. The van der Waals surface area contributed by atoms with E-state index < -0.39 is 36.3 Å². The van der Waals surface area contributed by atoms with E-state index in [9.17, 15) is 19.2 Å². The first kappa shape index (κ1) is 22.3. The van der Waals surface area contributed by atoms with Crippen LogP contribution in [0.1, 0.15) is 23.7 Å². The molecule has 3 N–H and O–H groups in total. The van der Waals surface area contributed by atoms with Crippen LogP contribution < -0.4 is 20.9 Å². The van der Waals surface area contributed by atoms with Gasteiger partial charge in [-0.2, -0.15) is 11.8 Å². The molecule has 3 amide bonds. The third kappa shape index (κ3) is 7.99. The Hall–Kier alpha value is -2.75. The summed E-state index contributed by atoms with van der Waals surface area (Å²) in [5.41, 5.74) is 4.44. The summed E-state index contributed by atoms with van der Waals surface area (Å²) >= 11 is 1.50. The molecule has 1 aromatic carbocycles. The van der Waals surface area contributed by atoms with Crippen molar-refractivity contribution in [2.75, 3.05) is 25.7 Å². The van der Waals surface area contributed by atoms with Gasteiger partial charge in [0.2, 0.25) is 5.91 Å². The second kappa shape index (κ2) is 11.8. The number of nitrogens with one attached hydrogen (secondary N) is 3. The number of carbonyl (C=O) groups is 4. The smallest absolute Gasteiger partial charge is 0.329 e. The summed E-state index contributed by atoms with van der Waals surface area (Å²) in [6, 6.07) is 5.69. The lowest BCUT2D eigenvalue weighted by atomic mass is 10.1. The van der Waals surface area contributed by atoms with Crippen LogP contribution in [0.3, 0.4) is 0 Å². The average molecular weight is 397 g/mol. The summed E-state index contributed by atoms with van der Waals surface area (Å²) in [5, 5.41) is 2.61. The normalized spacial score (nSPS) is 11.1. The molecule has 0 bridgehead atoms. The highest BCUT2D eigenvalue weighted by molar-refractivity contribution is 7.98. The fourth-order valence-electron chi connectivity index (χ4n) is 1.98. The second-order valence-electron chi connectivity index (χ2n) is 5.34. The molecule has 0 aliphatic rings. The second-order valence-corrected chi connectivity index (χ2v) is 6.33. The van der Waals surface area contributed by atoms with Gasteiger partial charge in [0, 0.05) is 6.92 Å². The van der Waals surface area contributed by atoms with E-state index in [0.29, 0.717) is 17.9 Å². The van der Waals surface area contributed by atoms with Crippen LogP contribution in [0.15, 0.2) is 24.3 Å². The number of hydrogen-bond donors (Lipinski definition) is 3. The van der Waals surface area contributed by atoms with Crippen LogP contribution in [-0.4, -0.2) is 55.5 Å². The van der Waals surface area contributed by atoms with E-state index in [1.807, 2.05) is 6.26 Å². The molecule has 148 valence electrons. The van der Waals surface area contributed by atoms with Crippen molar-refractivity contribution in [3.05, 3.63) is 29.8 Å². The van der Waals surface area contributed by atoms with Crippen molar-refractivity contribution in [3.63, 3.8) is 0 Å². The standard InChI is InChI=1S/C17H23N3O6S/c1-11(21)19-20-15(22)10-26-17(24)13(8-9-27-3)18-16(23)12-6-4-5-7-14(12)25-2/h4-7,13H,8-10H2,1-3H3,(H,18,23)(H,19,21)(H,20,22)/t13-/m0/s1. The number of hydrazine groups is 1. The van der Waals surface area contributed by atoms with Gasteiger partial charge >= 0.3 is 5.97 Å². The van der Waals surface area contributed by atoms with E-state index in [0.717, 1.165) is 0 Å². The molecule has 1 aromatic rings. The lowest BCUT2D eigenvalue weighted by Crippen LogP contribution is -2.45. The maximum absolute atomic E-state index is 12.5. The molecule has 0 saturated heterocycles. The molecule has 9 nitrogen and oxygen atoms in total. The number of rotatable bonds is 9. The Morgan fingerprint density at radius 3 is 2.48 bits per heavy atom. The lowest BCUT2D eigenvalue weighted by Gasteiger charge is -2.18. The molecule has 1 atom stereocenters. The first-order chi connectivity index (χ1) is 12.9. The Bertz CT molecular complexity index is 682. The zero-order chi connectivity index (χ0) is 20.2. The molecule has 0 aliphatic carbocycles. The van der Waals surface area contributed by atoms with Gasteiger partial charge in [-0.3, -0.25) is 25.2 Å². The minimum atomic E-state index is -0.927. The molecule has 0 aliphatic heterocycles. The van der Waals surface area contributed by atoms with E-state index in [1.165, 1.54) is 25.8 Å². The Balaban J connectivity index is 2.70. The molecule has 0 fully saturated rings. The van der Waals surface area contributed by atoms with Crippen molar-refractivity contribution in [1.82, 2.24) is 16.2 Å². The first-order valence-electron chi connectivity index (χ1n) is 8.04. The van der Waals surface area contributed by atoms with Crippen molar-refractivity contribution in [2.24, 2.45) is 0 Å². The molecular weight excluding hydrogens is 374 g/mol. The van der Waals surface area contributed by atoms with E-state index in [2.05, 4.69) is 16.2 Å². The number of thioether (sulfide) groups is 1. The molecule has 10 heteroatoms. The number of ether oxygens (including phenoxy) is 2. The lowest BCUT2D eigenvalue weighted by molar-refractivity contribution is -0.150. The van der Waals surface area contributed by atoms with Gasteiger partial charge < -0.3 is 14.8 Å². The largest absolute Gasteiger partial charge is 0.496 e. The maximum atomic E-state index is 12.5. The van der Waals surface area contributed by atoms with Crippen LogP contribution >= 0.6 is 11.8 Å². The third-order valence-corrected chi connectivity index (χ3v) is 3.92. The zero-order valence-corrected chi connectivity index (χ0v) is 16.2. The molecule has 27 heavy (non-hydrogen) atoms. The molecule has 0 radical (unpaired) electrons. The molecule has 0 unspecified atom stereocenters. The number of carbonyl (C=O) groups excluding carboxylic acids is 4. The predicted molar refractivity (Wildman–Crippen MR) is 100 cm³/mol. The Morgan fingerprint density at radius 2 is 1.85 bits per heavy atom. The SMILES string of the molecule is COc1ccccc1C(=O)N[C@@H](CCSC)C(=O)OCC(=O)NNC(C)=O. The molecular formula is C17H23N3O6S. The van der Waals surface area contributed by atoms with Gasteiger partial charge in [-0.1, -0.05) is 12.1 Å². The average Bonchev–Trinajstić information content (AvgIpc) is 2.67. The molecule has 0 saturated carbocycles. The molecule has 1 rings (SSSR count). The highest BCUT2D eigenvalue weighted by Crippen LogP contribution is 2.17. The number of amides is 3. The van der Waals surface area contributed by atoms with Crippen LogP contribution in [0, 0.1) is 0 Å². The summed E-state index contributed by atoms with van der Waals surface area (Å²) in [7, 11) is 1.44. The van der Waals surface area contributed by atoms with Gasteiger partial charge in [0.15, 0.2) is 6.61 Å². The van der Waals surface area contributed by atoms with Gasteiger partial charge in [0.05, 0.1) is 12.7 Å². The quantitative estimate of drug-likeness (QED) is 0.403. The summed E-state index contributed by atoms with van der Waals surface area (Å²) in [4.78, 5) is 47.0. The molecule has 0 heterocycles. The van der Waals surface area contributed by atoms with Crippen molar-refractivity contribution in [3.8, 4) is 5.75 Å². The first-order valence-corrected chi connectivity index (χ1v) is 9.43. The van der Waals surface area contributed by atoms with E-state index in [4.69, 9.17) is 9.47 Å². The van der Waals surface area contributed by atoms with Gasteiger partial charge in [0.25, 0.3) is 11.8 Å². The number of methoxy groups -OCH3 is 1. The maximum Gasteiger partial charge on any atom is 0.329 e. The Labute approximate surface area is 161 Å².